The summed E-state index contributed by atoms with van der Waals surface area (Å²) in [6, 6.07) is 1.80. The zero-order valence-corrected chi connectivity index (χ0v) is 10.2. The first-order valence-electron chi connectivity index (χ1n) is 5.36. The maximum atomic E-state index is 11.1. The first-order valence-corrected chi connectivity index (χ1v) is 6.17. The van der Waals surface area contributed by atoms with E-state index in [-0.39, 0.29) is 0 Å². The lowest BCUT2D eigenvalue weighted by Gasteiger charge is -2.31. The molecule has 3 rings (SSSR count). The number of nitrogens with zero attached hydrogens (tertiary/aromatic N) is 2. The number of hydrogen-bond acceptors (Lipinski definition) is 3. The zero-order valence-electron chi connectivity index (χ0n) is 9.36. The Bertz CT molecular complexity index is 477. The van der Waals surface area contributed by atoms with E-state index < -0.39 is 5.97 Å². The lowest BCUT2D eigenvalue weighted by atomic mass is 10.3. The van der Waals surface area contributed by atoms with Crippen molar-refractivity contribution in [3.8, 4) is 0 Å². The zero-order chi connectivity index (χ0) is 11.5. The van der Waals surface area contributed by atoms with E-state index in [1.54, 1.807) is 10.6 Å². The van der Waals surface area contributed by atoms with Crippen LogP contribution in [-0.4, -0.2) is 34.0 Å². The summed E-state index contributed by atoms with van der Waals surface area (Å²) in [5, 5.41) is 9.10. The SMILES string of the molecule is CN1CC2(CC2)Sc2cc(C(=O)O)n(C)c21. The topological polar surface area (TPSA) is 45.5 Å². The van der Waals surface area contributed by atoms with Crippen molar-refractivity contribution in [2.75, 3.05) is 18.5 Å². The number of fused-ring (bicyclic) bond motifs is 1. The Morgan fingerprint density at radius 2 is 2.19 bits per heavy atom. The molecular formula is C11H14N2O2S. The predicted octanol–water partition coefficient (Wildman–Crippen LogP) is 1.80. The second-order valence-corrected chi connectivity index (χ2v) is 6.23. The van der Waals surface area contributed by atoms with Crippen LogP contribution >= 0.6 is 11.8 Å². The van der Waals surface area contributed by atoms with Gasteiger partial charge in [0, 0.05) is 25.4 Å². The monoisotopic (exact) mass is 238 g/mol. The molecule has 0 radical (unpaired) electrons. The Labute approximate surface area is 98.2 Å². The number of carbonyl (C=O) groups is 1. The highest BCUT2D eigenvalue weighted by molar-refractivity contribution is 8.01. The number of hydrogen-bond donors (Lipinski definition) is 1. The number of rotatable bonds is 1. The van der Waals surface area contributed by atoms with Gasteiger partial charge in [-0.15, -0.1) is 11.8 Å². The van der Waals surface area contributed by atoms with Gasteiger partial charge in [0.05, 0.1) is 4.90 Å². The van der Waals surface area contributed by atoms with Crippen LogP contribution in [-0.2, 0) is 7.05 Å². The number of aromatic carboxylic acids is 1. The summed E-state index contributed by atoms with van der Waals surface area (Å²) in [6.07, 6.45) is 2.50. The molecule has 0 saturated heterocycles. The molecule has 1 fully saturated rings. The van der Waals surface area contributed by atoms with E-state index in [1.165, 1.54) is 12.8 Å². The molecule has 0 atom stereocenters. The molecule has 0 unspecified atom stereocenters. The average molecular weight is 238 g/mol. The van der Waals surface area contributed by atoms with Gasteiger partial charge in [0.15, 0.2) is 0 Å². The van der Waals surface area contributed by atoms with E-state index in [0.717, 1.165) is 17.3 Å². The van der Waals surface area contributed by atoms with Crippen LogP contribution in [0.25, 0.3) is 0 Å². The molecule has 86 valence electrons. The summed E-state index contributed by atoms with van der Waals surface area (Å²) in [6.45, 7) is 1.03. The fraction of sp³-hybridized carbons (Fsp3) is 0.545. The van der Waals surface area contributed by atoms with Gasteiger partial charge in [-0.1, -0.05) is 0 Å². The molecule has 1 aromatic heterocycles. The minimum absolute atomic E-state index is 0.374. The Kier molecular flexibility index (Phi) is 1.87. The quantitative estimate of drug-likeness (QED) is 0.810. The van der Waals surface area contributed by atoms with Gasteiger partial charge in [0.2, 0.25) is 0 Å². The van der Waals surface area contributed by atoms with Crippen molar-refractivity contribution in [1.82, 2.24) is 4.57 Å². The van der Waals surface area contributed by atoms with Crippen molar-refractivity contribution in [3.63, 3.8) is 0 Å². The van der Waals surface area contributed by atoms with Crippen molar-refractivity contribution in [3.05, 3.63) is 11.8 Å². The van der Waals surface area contributed by atoms with Crippen molar-refractivity contribution < 1.29 is 9.90 Å². The lowest BCUT2D eigenvalue weighted by molar-refractivity contribution is 0.0686. The fourth-order valence-electron chi connectivity index (χ4n) is 2.46. The molecule has 0 bridgehead atoms. The summed E-state index contributed by atoms with van der Waals surface area (Å²) in [7, 11) is 3.87. The van der Waals surface area contributed by atoms with Gasteiger partial charge in [0.25, 0.3) is 0 Å². The van der Waals surface area contributed by atoms with Crippen LogP contribution in [0.5, 0.6) is 0 Å². The van der Waals surface area contributed by atoms with Gasteiger partial charge >= 0.3 is 5.97 Å². The molecule has 4 nitrogen and oxygen atoms in total. The number of carboxylic acid groups (broad SMARTS) is 1. The van der Waals surface area contributed by atoms with Crippen LogP contribution in [0, 0.1) is 0 Å². The molecule has 1 spiro atoms. The normalized spacial score (nSPS) is 21.0. The first kappa shape index (κ1) is 10.1. The molecular weight excluding hydrogens is 224 g/mol. The van der Waals surface area contributed by atoms with Crippen molar-refractivity contribution >= 4 is 23.5 Å². The largest absolute Gasteiger partial charge is 0.477 e. The number of anilines is 1. The van der Waals surface area contributed by atoms with E-state index in [1.807, 2.05) is 25.9 Å². The van der Waals surface area contributed by atoms with Gasteiger partial charge in [-0.05, 0) is 18.9 Å². The summed E-state index contributed by atoms with van der Waals surface area (Å²) in [5.41, 5.74) is 0.377. The molecule has 1 aromatic rings. The second kappa shape index (κ2) is 2.97. The maximum absolute atomic E-state index is 11.1. The molecule has 2 heterocycles. The summed E-state index contributed by atoms with van der Waals surface area (Å²) in [5.74, 6) is 0.190. The van der Waals surface area contributed by atoms with Crippen molar-refractivity contribution in [2.45, 2.75) is 22.5 Å². The standard InChI is InChI=1S/C11H14N2O2S/c1-12-6-11(3-4-11)16-8-5-7(10(14)15)13(2)9(8)12/h5H,3-4,6H2,1-2H3,(H,14,15). The van der Waals surface area contributed by atoms with E-state index in [2.05, 4.69) is 4.90 Å². The van der Waals surface area contributed by atoms with Crippen LogP contribution < -0.4 is 4.90 Å². The number of thioether (sulfide) groups is 1. The Morgan fingerprint density at radius 3 is 2.75 bits per heavy atom. The molecule has 1 N–H and O–H groups in total. The molecule has 1 aliphatic carbocycles. The van der Waals surface area contributed by atoms with Crippen molar-refractivity contribution in [1.29, 1.82) is 0 Å². The maximum Gasteiger partial charge on any atom is 0.352 e. The smallest absolute Gasteiger partial charge is 0.352 e. The Balaban J connectivity index is 2.10. The molecule has 2 aliphatic rings. The van der Waals surface area contributed by atoms with Gasteiger partial charge in [0.1, 0.15) is 11.5 Å². The highest BCUT2D eigenvalue weighted by atomic mass is 32.2. The summed E-state index contributed by atoms with van der Waals surface area (Å²) < 4.78 is 2.15. The number of aromatic nitrogens is 1. The first-order chi connectivity index (χ1) is 7.52. The van der Waals surface area contributed by atoms with E-state index >= 15 is 0 Å². The predicted molar refractivity (Wildman–Crippen MR) is 63.5 cm³/mol. The molecule has 1 aliphatic heterocycles. The minimum Gasteiger partial charge on any atom is -0.477 e. The van der Waals surface area contributed by atoms with E-state index in [0.29, 0.717) is 10.4 Å². The van der Waals surface area contributed by atoms with Crippen LogP contribution in [0.3, 0.4) is 0 Å². The summed E-state index contributed by atoms with van der Waals surface area (Å²) >= 11 is 1.86. The number of carboxylic acids is 1. The van der Waals surface area contributed by atoms with Gasteiger partial charge in [-0.2, -0.15) is 0 Å². The third kappa shape index (κ3) is 1.27. The van der Waals surface area contributed by atoms with E-state index in [9.17, 15) is 4.79 Å². The van der Waals surface area contributed by atoms with Crippen LogP contribution in [0.15, 0.2) is 11.0 Å². The molecule has 0 aromatic carbocycles. The molecule has 5 heteroatoms. The van der Waals surface area contributed by atoms with Crippen molar-refractivity contribution in [2.24, 2.45) is 7.05 Å². The average Bonchev–Trinajstić information content (AvgIpc) is 2.82. The Morgan fingerprint density at radius 1 is 1.50 bits per heavy atom. The summed E-state index contributed by atoms with van der Waals surface area (Å²) in [4.78, 5) is 14.4. The van der Waals surface area contributed by atoms with Gasteiger partial charge in [-0.3, -0.25) is 0 Å². The Hall–Kier alpha value is -1.10. The van der Waals surface area contributed by atoms with Crippen LogP contribution in [0.4, 0.5) is 5.82 Å². The van der Waals surface area contributed by atoms with E-state index in [4.69, 9.17) is 5.11 Å². The highest BCUT2D eigenvalue weighted by Gasteiger charge is 2.48. The van der Waals surface area contributed by atoms with Crippen LogP contribution in [0.2, 0.25) is 0 Å². The molecule has 0 amide bonds. The van der Waals surface area contributed by atoms with Gasteiger partial charge < -0.3 is 14.6 Å². The third-order valence-corrected chi connectivity index (χ3v) is 4.90. The molecule has 1 saturated carbocycles. The third-order valence-electron chi connectivity index (χ3n) is 3.41. The minimum atomic E-state index is -0.851. The van der Waals surface area contributed by atoms with Crippen LogP contribution in [0.1, 0.15) is 23.3 Å². The molecule has 16 heavy (non-hydrogen) atoms. The van der Waals surface area contributed by atoms with Gasteiger partial charge in [-0.25, -0.2) is 4.79 Å². The second-order valence-electron chi connectivity index (χ2n) is 4.72. The highest BCUT2D eigenvalue weighted by Crippen LogP contribution is 2.57. The lowest BCUT2D eigenvalue weighted by Crippen LogP contribution is -2.33. The fourth-order valence-corrected chi connectivity index (χ4v) is 4.05.